The van der Waals surface area contributed by atoms with Gasteiger partial charge in [0.05, 0.1) is 26.7 Å². The average molecular weight is 359 g/mol. The molecule has 2 amide bonds. The van der Waals surface area contributed by atoms with E-state index in [1.54, 1.807) is 14.2 Å². The van der Waals surface area contributed by atoms with Crippen LogP contribution in [-0.4, -0.2) is 44.3 Å². The number of methoxy groups -OCH3 is 2. The molecule has 1 fully saturated rings. The summed E-state index contributed by atoms with van der Waals surface area (Å²) in [6, 6.07) is 8.13. The van der Waals surface area contributed by atoms with Crippen LogP contribution in [0.15, 0.2) is 18.2 Å². The zero-order valence-electron chi connectivity index (χ0n) is 15.8. The number of rotatable bonds is 8. The summed E-state index contributed by atoms with van der Waals surface area (Å²) in [5, 5.41) is 11.9. The first kappa shape index (κ1) is 19.9. The molecule has 0 spiro atoms. The predicted molar refractivity (Wildman–Crippen MR) is 100 cm³/mol. The van der Waals surface area contributed by atoms with Crippen LogP contribution in [0.4, 0.5) is 4.79 Å². The highest BCUT2D eigenvalue weighted by Crippen LogP contribution is 2.27. The van der Waals surface area contributed by atoms with Crippen LogP contribution in [0.2, 0.25) is 0 Å². The van der Waals surface area contributed by atoms with Crippen LogP contribution in [0.1, 0.15) is 44.1 Å². The number of nitrogens with one attached hydrogen (secondary N) is 1. The van der Waals surface area contributed by atoms with Gasteiger partial charge < -0.3 is 19.7 Å². The second-order valence-corrected chi connectivity index (χ2v) is 6.56. The number of benzene rings is 1. The fourth-order valence-corrected chi connectivity index (χ4v) is 3.46. The number of carbonyl (C=O) groups excluding carboxylic acids is 1. The molecule has 0 radical (unpaired) electrons. The fraction of sp³-hybridized carbons (Fsp3) is 0.600. The molecule has 0 unspecified atom stereocenters. The van der Waals surface area contributed by atoms with E-state index in [1.807, 2.05) is 23.1 Å². The highest BCUT2D eigenvalue weighted by Gasteiger charge is 2.24. The highest BCUT2D eigenvalue weighted by atomic mass is 16.5. The van der Waals surface area contributed by atoms with Crippen molar-refractivity contribution in [3.8, 4) is 17.6 Å². The van der Waals surface area contributed by atoms with Crippen LogP contribution in [0.5, 0.6) is 11.5 Å². The van der Waals surface area contributed by atoms with E-state index in [9.17, 15) is 4.79 Å². The molecule has 0 aliphatic heterocycles. The van der Waals surface area contributed by atoms with E-state index in [1.165, 1.54) is 6.42 Å². The maximum atomic E-state index is 12.6. The number of hydrogen-bond acceptors (Lipinski definition) is 4. The summed E-state index contributed by atoms with van der Waals surface area (Å²) in [6.45, 7) is 1.05. The third kappa shape index (κ3) is 5.55. The fourth-order valence-electron chi connectivity index (χ4n) is 3.46. The summed E-state index contributed by atoms with van der Waals surface area (Å²) in [4.78, 5) is 14.5. The molecule has 1 aromatic carbocycles. The van der Waals surface area contributed by atoms with Crippen LogP contribution in [0.25, 0.3) is 0 Å². The normalized spacial score (nSPS) is 14.3. The van der Waals surface area contributed by atoms with E-state index >= 15 is 0 Å². The lowest BCUT2D eigenvalue weighted by Gasteiger charge is -2.34. The second kappa shape index (κ2) is 10.5. The Bertz CT molecular complexity index is 621. The molecule has 6 nitrogen and oxygen atoms in total. The Morgan fingerprint density at radius 3 is 2.62 bits per heavy atom. The predicted octanol–water partition coefficient (Wildman–Crippen LogP) is 3.50. The van der Waals surface area contributed by atoms with E-state index < -0.39 is 0 Å². The van der Waals surface area contributed by atoms with Gasteiger partial charge in [-0.3, -0.25) is 0 Å². The number of urea groups is 1. The SMILES string of the molecule is COc1ccc(CCNC(=O)N(CCC#N)C2CCCCC2)cc1OC. The van der Waals surface area contributed by atoms with Crippen LogP contribution >= 0.6 is 0 Å². The summed E-state index contributed by atoms with van der Waals surface area (Å²) in [5.74, 6) is 1.38. The molecule has 0 saturated heterocycles. The minimum Gasteiger partial charge on any atom is -0.493 e. The van der Waals surface area contributed by atoms with Crippen LogP contribution in [-0.2, 0) is 6.42 Å². The van der Waals surface area contributed by atoms with Crippen LogP contribution in [0.3, 0.4) is 0 Å². The lowest BCUT2D eigenvalue weighted by molar-refractivity contribution is 0.157. The van der Waals surface area contributed by atoms with Crippen molar-refractivity contribution in [2.45, 2.75) is 51.0 Å². The maximum absolute atomic E-state index is 12.6. The number of nitrogens with zero attached hydrogens (tertiary/aromatic N) is 2. The Morgan fingerprint density at radius 2 is 1.96 bits per heavy atom. The standard InChI is InChI=1S/C20H29N3O3/c1-25-18-10-9-16(15-19(18)26-2)11-13-22-20(24)23(14-6-12-21)17-7-4-3-5-8-17/h9-10,15,17H,3-8,11,13-14H2,1-2H3,(H,22,24). The minimum absolute atomic E-state index is 0.0624. The first-order chi connectivity index (χ1) is 12.7. The number of amides is 2. The first-order valence-electron chi connectivity index (χ1n) is 9.32. The summed E-state index contributed by atoms with van der Waals surface area (Å²) in [6.07, 6.45) is 6.72. The van der Waals surface area contributed by atoms with Crippen molar-refractivity contribution in [3.05, 3.63) is 23.8 Å². The molecular formula is C20H29N3O3. The molecule has 1 N–H and O–H groups in total. The van der Waals surface area contributed by atoms with Crippen molar-refractivity contribution in [2.24, 2.45) is 0 Å². The van der Waals surface area contributed by atoms with Crippen molar-refractivity contribution in [1.82, 2.24) is 10.2 Å². The van der Waals surface area contributed by atoms with Crippen molar-refractivity contribution < 1.29 is 14.3 Å². The van der Waals surface area contributed by atoms with Gasteiger partial charge in [0.25, 0.3) is 0 Å². The molecular weight excluding hydrogens is 330 g/mol. The molecule has 0 atom stereocenters. The zero-order chi connectivity index (χ0) is 18.8. The Kier molecular flexibility index (Phi) is 8.07. The van der Waals surface area contributed by atoms with Crippen molar-refractivity contribution in [2.75, 3.05) is 27.3 Å². The van der Waals surface area contributed by atoms with Gasteiger partial charge in [-0.15, -0.1) is 0 Å². The molecule has 1 aliphatic rings. The summed E-state index contributed by atoms with van der Waals surface area (Å²) in [7, 11) is 3.22. The van der Waals surface area contributed by atoms with E-state index in [0.717, 1.165) is 31.2 Å². The van der Waals surface area contributed by atoms with Crippen molar-refractivity contribution in [3.63, 3.8) is 0 Å². The highest BCUT2D eigenvalue weighted by molar-refractivity contribution is 5.74. The zero-order valence-corrected chi connectivity index (χ0v) is 15.8. The Labute approximate surface area is 156 Å². The summed E-state index contributed by atoms with van der Waals surface area (Å²) < 4.78 is 10.6. The van der Waals surface area contributed by atoms with Crippen molar-refractivity contribution in [1.29, 1.82) is 5.26 Å². The third-order valence-corrected chi connectivity index (χ3v) is 4.88. The van der Waals surface area contributed by atoms with E-state index in [4.69, 9.17) is 14.7 Å². The number of ether oxygens (including phenoxy) is 2. The molecule has 0 aromatic heterocycles. The number of hydrogen-bond donors (Lipinski definition) is 1. The van der Waals surface area contributed by atoms with Gasteiger partial charge >= 0.3 is 6.03 Å². The Hall–Kier alpha value is -2.42. The largest absolute Gasteiger partial charge is 0.493 e. The molecule has 1 aromatic rings. The van der Waals surface area contributed by atoms with E-state index in [0.29, 0.717) is 37.4 Å². The van der Waals surface area contributed by atoms with Gasteiger partial charge in [0.15, 0.2) is 11.5 Å². The van der Waals surface area contributed by atoms with Gasteiger partial charge in [0, 0.05) is 19.1 Å². The molecule has 1 saturated carbocycles. The topological polar surface area (TPSA) is 74.6 Å². The van der Waals surface area contributed by atoms with Crippen LogP contribution in [0, 0.1) is 11.3 Å². The van der Waals surface area contributed by atoms with Gasteiger partial charge in [-0.2, -0.15) is 5.26 Å². The lowest BCUT2D eigenvalue weighted by Crippen LogP contribution is -2.47. The average Bonchev–Trinajstić information content (AvgIpc) is 2.69. The Balaban J connectivity index is 1.89. The second-order valence-electron chi connectivity index (χ2n) is 6.56. The number of nitriles is 1. The first-order valence-corrected chi connectivity index (χ1v) is 9.32. The molecule has 0 heterocycles. The molecule has 2 rings (SSSR count). The number of carbonyl (C=O) groups is 1. The minimum atomic E-state index is -0.0624. The summed E-state index contributed by atoms with van der Waals surface area (Å²) >= 11 is 0. The van der Waals surface area contributed by atoms with E-state index in [2.05, 4.69) is 11.4 Å². The van der Waals surface area contributed by atoms with Gasteiger partial charge in [-0.05, 0) is 37.0 Å². The quantitative estimate of drug-likeness (QED) is 0.771. The Morgan fingerprint density at radius 1 is 1.23 bits per heavy atom. The van der Waals surface area contributed by atoms with E-state index in [-0.39, 0.29) is 12.1 Å². The monoisotopic (exact) mass is 359 g/mol. The van der Waals surface area contributed by atoms with Gasteiger partial charge in [-0.25, -0.2) is 4.79 Å². The molecule has 26 heavy (non-hydrogen) atoms. The molecule has 0 bridgehead atoms. The summed E-state index contributed by atoms with van der Waals surface area (Å²) in [5.41, 5.74) is 1.07. The van der Waals surface area contributed by atoms with Gasteiger partial charge in [0.1, 0.15) is 0 Å². The van der Waals surface area contributed by atoms with Gasteiger partial charge in [0.2, 0.25) is 0 Å². The maximum Gasteiger partial charge on any atom is 0.317 e. The van der Waals surface area contributed by atoms with Crippen LogP contribution < -0.4 is 14.8 Å². The third-order valence-electron chi connectivity index (χ3n) is 4.88. The molecule has 6 heteroatoms. The van der Waals surface area contributed by atoms with Crippen molar-refractivity contribution >= 4 is 6.03 Å². The molecule has 1 aliphatic carbocycles. The smallest absolute Gasteiger partial charge is 0.317 e. The molecule has 142 valence electrons. The lowest BCUT2D eigenvalue weighted by atomic mass is 9.94. The van der Waals surface area contributed by atoms with Gasteiger partial charge in [-0.1, -0.05) is 25.3 Å².